The number of nitro groups is 1. The second kappa shape index (κ2) is 8.84. The molecule has 1 amide bonds. The van der Waals surface area contributed by atoms with Crippen LogP contribution in [0, 0.1) is 10.1 Å². The Hall–Kier alpha value is -3.27. The van der Waals surface area contributed by atoms with E-state index in [1.807, 2.05) is 0 Å². The number of rotatable bonds is 6. The van der Waals surface area contributed by atoms with Crippen LogP contribution in [0.25, 0.3) is 11.3 Å². The Balaban J connectivity index is 1.42. The third-order valence-corrected chi connectivity index (χ3v) is 5.61. The van der Waals surface area contributed by atoms with Crippen LogP contribution in [0.2, 0.25) is 10.0 Å². The zero-order valence-electron chi connectivity index (χ0n) is 15.7. The van der Waals surface area contributed by atoms with Gasteiger partial charge in [0.15, 0.2) is 5.13 Å². The molecule has 0 fully saturated rings. The molecular formula is C20H13Cl2N5O3S. The zero-order valence-corrected chi connectivity index (χ0v) is 18.0. The molecular weight excluding hydrogens is 461 g/mol. The van der Waals surface area contributed by atoms with Gasteiger partial charge in [0, 0.05) is 21.5 Å². The Morgan fingerprint density at radius 2 is 1.94 bits per heavy atom. The fourth-order valence-electron chi connectivity index (χ4n) is 2.81. The number of thiazole rings is 1. The lowest BCUT2D eigenvalue weighted by Gasteiger charge is -2.04. The molecule has 0 radical (unpaired) electrons. The predicted octanol–water partition coefficient (Wildman–Crippen LogP) is 5.52. The van der Waals surface area contributed by atoms with Gasteiger partial charge in [-0.15, -0.1) is 11.3 Å². The largest absolute Gasteiger partial charge is 0.389 e. The molecule has 0 aliphatic heterocycles. The molecule has 0 aliphatic carbocycles. The molecule has 8 nitrogen and oxygen atoms in total. The Labute approximate surface area is 190 Å². The van der Waals surface area contributed by atoms with Crippen molar-refractivity contribution in [2.75, 3.05) is 5.32 Å². The fraction of sp³-hybridized carbons (Fsp3) is 0.0500. The first-order chi connectivity index (χ1) is 14.9. The first-order valence-corrected chi connectivity index (χ1v) is 10.5. The van der Waals surface area contributed by atoms with Crippen molar-refractivity contribution in [3.8, 4) is 11.3 Å². The number of nitrogens with one attached hydrogen (secondary N) is 1. The molecule has 0 aliphatic rings. The molecule has 4 rings (SSSR count). The molecule has 11 heteroatoms. The van der Waals surface area contributed by atoms with Crippen molar-refractivity contribution < 1.29 is 9.72 Å². The van der Waals surface area contributed by atoms with Crippen LogP contribution in [0.4, 0.5) is 10.9 Å². The van der Waals surface area contributed by atoms with E-state index in [1.54, 1.807) is 47.8 Å². The molecule has 0 atom stereocenters. The van der Waals surface area contributed by atoms with Crippen molar-refractivity contribution in [1.82, 2.24) is 14.8 Å². The lowest BCUT2D eigenvalue weighted by molar-refractivity contribution is -0.389. The molecule has 0 saturated carbocycles. The summed E-state index contributed by atoms with van der Waals surface area (Å²) in [6.45, 7) is 0.355. The van der Waals surface area contributed by atoms with Crippen LogP contribution in [-0.2, 0) is 6.54 Å². The van der Waals surface area contributed by atoms with Gasteiger partial charge in [-0.2, -0.15) is 4.68 Å². The van der Waals surface area contributed by atoms with Crippen molar-refractivity contribution >= 4 is 51.4 Å². The Bertz CT molecular complexity index is 1270. The number of hydrogen-bond acceptors (Lipinski definition) is 6. The summed E-state index contributed by atoms with van der Waals surface area (Å²) in [6.07, 6.45) is 1.53. The third kappa shape index (κ3) is 4.91. The molecule has 0 saturated heterocycles. The number of nitrogens with zero attached hydrogens (tertiary/aromatic N) is 4. The average Bonchev–Trinajstić information content (AvgIpc) is 3.38. The maximum absolute atomic E-state index is 12.5. The van der Waals surface area contributed by atoms with E-state index in [0.29, 0.717) is 33.0 Å². The van der Waals surface area contributed by atoms with E-state index in [4.69, 9.17) is 23.2 Å². The fourth-order valence-corrected chi connectivity index (χ4v) is 4.02. The van der Waals surface area contributed by atoms with Crippen molar-refractivity contribution in [2.45, 2.75) is 6.54 Å². The summed E-state index contributed by atoms with van der Waals surface area (Å²) in [7, 11) is 0. The van der Waals surface area contributed by atoms with E-state index < -0.39 is 4.92 Å². The van der Waals surface area contributed by atoms with Crippen LogP contribution in [0.5, 0.6) is 0 Å². The monoisotopic (exact) mass is 473 g/mol. The Morgan fingerprint density at radius 3 is 2.61 bits per heavy atom. The van der Waals surface area contributed by atoms with E-state index in [2.05, 4.69) is 15.4 Å². The first-order valence-electron chi connectivity index (χ1n) is 8.88. The highest BCUT2D eigenvalue weighted by Gasteiger charge is 2.13. The molecule has 2 heterocycles. The summed E-state index contributed by atoms with van der Waals surface area (Å²) < 4.78 is 1.46. The number of benzene rings is 2. The topological polar surface area (TPSA) is 103 Å². The van der Waals surface area contributed by atoms with Crippen molar-refractivity contribution in [3.63, 3.8) is 0 Å². The number of carbonyl (C=O) groups is 1. The van der Waals surface area contributed by atoms with E-state index >= 15 is 0 Å². The SMILES string of the molecule is O=C(Nc1nc(-c2ccc(Cl)cc2Cl)cs1)c1ccc(Cn2ccc([N+](=O)[O-])n2)cc1. The molecule has 4 aromatic rings. The number of hydrogen-bond donors (Lipinski definition) is 1. The van der Waals surface area contributed by atoms with Crippen LogP contribution < -0.4 is 5.32 Å². The maximum atomic E-state index is 12.5. The summed E-state index contributed by atoms with van der Waals surface area (Å²) in [4.78, 5) is 27.1. The molecule has 156 valence electrons. The summed E-state index contributed by atoms with van der Waals surface area (Å²) in [5.41, 5.74) is 2.68. The molecule has 2 aromatic heterocycles. The van der Waals surface area contributed by atoms with Gasteiger partial charge in [-0.05, 0) is 40.8 Å². The van der Waals surface area contributed by atoms with Gasteiger partial charge in [-0.25, -0.2) is 4.98 Å². The van der Waals surface area contributed by atoms with Crippen LogP contribution in [-0.4, -0.2) is 25.6 Å². The molecule has 0 bridgehead atoms. The maximum Gasteiger partial charge on any atom is 0.389 e. The van der Waals surface area contributed by atoms with Gasteiger partial charge in [0.2, 0.25) is 0 Å². The summed E-state index contributed by atoms with van der Waals surface area (Å²) >= 11 is 13.4. The smallest absolute Gasteiger partial charge is 0.358 e. The summed E-state index contributed by atoms with van der Waals surface area (Å²) in [6, 6.07) is 13.4. The zero-order chi connectivity index (χ0) is 22.0. The van der Waals surface area contributed by atoms with Crippen LogP contribution >= 0.6 is 34.5 Å². The third-order valence-electron chi connectivity index (χ3n) is 4.31. The molecule has 2 aromatic carbocycles. The number of amides is 1. The lowest BCUT2D eigenvalue weighted by Crippen LogP contribution is -2.12. The van der Waals surface area contributed by atoms with E-state index in [9.17, 15) is 14.9 Å². The molecule has 31 heavy (non-hydrogen) atoms. The van der Waals surface area contributed by atoms with Gasteiger partial charge >= 0.3 is 5.82 Å². The second-order valence-electron chi connectivity index (χ2n) is 6.44. The van der Waals surface area contributed by atoms with Crippen LogP contribution in [0.3, 0.4) is 0 Å². The average molecular weight is 474 g/mol. The normalized spacial score (nSPS) is 10.8. The van der Waals surface area contributed by atoms with E-state index in [-0.39, 0.29) is 11.7 Å². The minimum absolute atomic E-state index is 0.210. The summed E-state index contributed by atoms with van der Waals surface area (Å²) in [5, 5.41) is 20.6. The highest BCUT2D eigenvalue weighted by atomic mass is 35.5. The highest BCUT2D eigenvalue weighted by molar-refractivity contribution is 7.14. The molecule has 0 spiro atoms. The van der Waals surface area contributed by atoms with Gasteiger partial charge in [0.1, 0.15) is 0 Å². The van der Waals surface area contributed by atoms with Crippen LogP contribution in [0.1, 0.15) is 15.9 Å². The number of aromatic nitrogens is 3. The van der Waals surface area contributed by atoms with Gasteiger partial charge in [0.25, 0.3) is 5.91 Å². The van der Waals surface area contributed by atoms with Gasteiger partial charge in [-0.1, -0.05) is 35.3 Å². The van der Waals surface area contributed by atoms with Crippen molar-refractivity contribution in [1.29, 1.82) is 0 Å². The van der Waals surface area contributed by atoms with Gasteiger partial charge in [-0.3, -0.25) is 10.1 Å². The number of carbonyl (C=O) groups excluding carboxylic acids is 1. The summed E-state index contributed by atoms with van der Waals surface area (Å²) in [5.74, 6) is -0.511. The second-order valence-corrected chi connectivity index (χ2v) is 8.14. The Kier molecular flexibility index (Phi) is 5.99. The quantitative estimate of drug-likeness (QED) is 0.293. The van der Waals surface area contributed by atoms with Crippen LogP contribution in [0.15, 0.2) is 60.1 Å². The standard InChI is InChI=1S/C20H13Cl2N5O3S/c21-14-5-6-15(16(22)9-14)17-11-31-20(23-17)24-19(28)13-3-1-12(2-4-13)10-26-8-7-18(25-26)27(29)30/h1-9,11H,10H2,(H,23,24,28). The minimum atomic E-state index is -0.547. The minimum Gasteiger partial charge on any atom is -0.358 e. The first kappa shape index (κ1) is 21.0. The van der Waals surface area contributed by atoms with Gasteiger partial charge in [0.05, 0.1) is 34.6 Å². The van der Waals surface area contributed by atoms with Crippen molar-refractivity contribution in [3.05, 3.63) is 91.4 Å². The lowest BCUT2D eigenvalue weighted by atomic mass is 10.1. The van der Waals surface area contributed by atoms with Crippen molar-refractivity contribution in [2.24, 2.45) is 0 Å². The Morgan fingerprint density at radius 1 is 1.16 bits per heavy atom. The number of halogens is 2. The molecule has 1 N–H and O–H groups in total. The predicted molar refractivity (Wildman–Crippen MR) is 120 cm³/mol. The van der Waals surface area contributed by atoms with E-state index in [0.717, 1.165) is 11.1 Å². The van der Waals surface area contributed by atoms with E-state index in [1.165, 1.54) is 28.3 Å². The van der Waals surface area contributed by atoms with Gasteiger partial charge < -0.3 is 10.1 Å². The number of anilines is 1. The highest BCUT2D eigenvalue weighted by Crippen LogP contribution is 2.32. The molecule has 0 unspecified atom stereocenters.